The van der Waals surface area contributed by atoms with Gasteiger partial charge in [-0.3, -0.25) is 4.98 Å². The predicted molar refractivity (Wildman–Crippen MR) is 121 cm³/mol. The molecule has 1 aliphatic heterocycles. The zero-order valence-electron chi connectivity index (χ0n) is 16.7. The van der Waals surface area contributed by atoms with Crippen molar-refractivity contribution < 1.29 is 14.6 Å². The molecule has 0 aromatic carbocycles. The first-order chi connectivity index (χ1) is 15.2. The van der Waals surface area contributed by atoms with Crippen LogP contribution < -0.4 is 15.5 Å². The van der Waals surface area contributed by atoms with Crippen molar-refractivity contribution in [2.75, 3.05) is 43.1 Å². The average Bonchev–Trinajstić information content (AvgIpc) is 3.26. The smallest absolute Gasteiger partial charge is 0.404 e. The molecule has 0 bridgehead atoms. The molecule has 0 unspecified atom stereocenters. The summed E-state index contributed by atoms with van der Waals surface area (Å²) in [6.45, 7) is 3.45. The van der Waals surface area contributed by atoms with Gasteiger partial charge in [0.1, 0.15) is 5.82 Å². The molecule has 3 aromatic rings. The maximum absolute atomic E-state index is 10.5. The summed E-state index contributed by atoms with van der Waals surface area (Å²) in [5.41, 5.74) is 2.93. The molecule has 1 amide bonds. The summed E-state index contributed by atoms with van der Waals surface area (Å²) in [4.78, 5) is 26.9. The van der Waals surface area contributed by atoms with Crippen LogP contribution in [-0.2, 0) is 4.74 Å². The van der Waals surface area contributed by atoms with Crippen LogP contribution in [0.25, 0.3) is 16.5 Å². The Labute approximate surface area is 183 Å². The number of carbonyl (C=O) groups is 1. The number of hydrogen-bond donors (Lipinski definition) is 3. The summed E-state index contributed by atoms with van der Waals surface area (Å²) in [6, 6.07) is 6.00. The molecule has 4 heterocycles. The molecule has 3 N–H and O–H groups in total. The zero-order valence-corrected chi connectivity index (χ0v) is 17.5. The van der Waals surface area contributed by atoms with E-state index in [4.69, 9.17) is 9.84 Å². The Kier molecular flexibility index (Phi) is 6.70. The van der Waals surface area contributed by atoms with E-state index < -0.39 is 6.09 Å². The number of pyridine rings is 2. The number of hydrogen-bond acceptors (Lipinski definition) is 8. The molecular formula is C21H22N6O3S. The van der Waals surface area contributed by atoms with Crippen LogP contribution in [0.1, 0.15) is 5.56 Å². The van der Waals surface area contributed by atoms with Gasteiger partial charge in [0.2, 0.25) is 0 Å². The Bertz CT molecular complexity index is 1060. The molecule has 1 fully saturated rings. The molecule has 0 aliphatic carbocycles. The molecule has 9 nitrogen and oxygen atoms in total. The van der Waals surface area contributed by atoms with E-state index >= 15 is 0 Å². The van der Waals surface area contributed by atoms with Crippen LogP contribution in [0.15, 0.2) is 49.1 Å². The van der Waals surface area contributed by atoms with Gasteiger partial charge in [0.05, 0.1) is 18.1 Å². The minimum atomic E-state index is -1.05. The van der Waals surface area contributed by atoms with Crippen molar-refractivity contribution >= 4 is 40.1 Å². The number of nitrogens with zero attached hydrogens (tertiary/aromatic N) is 4. The lowest BCUT2D eigenvalue weighted by Gasteiger charge is -2.28. The molecule has 0 radical (unpaired) electrons. The van der Waals surface area contributed by atoms with Crippen LogP contribution in [0.4, 0.5) is 21.4 Å². The first-order valence-corrected chi connectivity index (χ1v) is 10.6. The third-order valence-electron chi connectivity index (χ3n) is 4.59. The fraction of sp³-hybridized carbons (Fsp3) is 0.238. The topological polar surface area (TPSA) is 112 Å². The highest BCUT2D eigenvalue weighted by Crippen LogP contribution is 2.31. The van der Waals surface area contributed by atoms with Crippen molar-refractivity contribution in [2.45, 2.75) is 0 Å². The molecule has 160 valence electrons. The van der Waals surface area contributed by atoms with Crippen LogP contribution in [0.2, 0.25) is 0 Å². The van der Waals surface area contributed by atoms with Gasteiger partial charge in [-0.2, -0.15) is 0 Å². The Morgan fingerprint density at radius 2 is 2.10 bits per heavy atom. The van der Waals surface area contributed by atoms with Gasteiger partial charge in [-0.05, 0) is 17.7 Å². The second-order valence-electron chi connectivity index (χ2n) is 6.75. The molecule has 3 aromatic heterocycles. The molecule has 0 atom stereocenters. The van der Waals surface area contributed by atoms with E-state index in [9.17, 15) is 4.79 Å². The SMILES string of the molecule is O=C(O)NC/C=C/c1cncc(-c2cnc(Nc3cc(N4CCOCC4)ccn3)s2)c1. The number of ether oxygens (including phenoxy) is 1. The van der Waals surface area contributed by atoms with E-state index in [1.807, 2.05) is 24.3 Å². The maximum atomic E-state index is 10.5. The lowest BCUT2D eigenvalue weighted by molar-refractivity contribution is 0.122. The largest absolute Gasteiger partial charge is 0.465 e. The van der Waals surface area contributed by atoms with Crippen LogP contribution >= 0.6 is 11.3 Å². The molecule has 10 heteroatoms. The van der Waals surface area contributed by atoms with Crippen LogP contribution in [0, 0.1) is 0 Å². The Hall–Kier alpha value is -3.50. The molecule has 31 heavy (non-hydrogen) atoms. The van der Waals surface area contributed by atoms with E-state index in [-0.39, 0.29) is 6.54 Å². The summed E-state index contributed by atoms with van der Waals surface area (Å²) in [5, 5.41) is 14.9. The minimum absolute atomic E-state index is 0.241. The van der Waals surface area contributed by atoms with Crippen LogP contribution in [0.5, 0.6) is 0 Å². The number of aromatic nitrogens is 3. The van der Waals surface area contributed by atoms with Crippen LogP contribution in [0.3, 0.4) is 0 Å². The lowest BCUT2D eigenvalue weighted by atomic mass is 10.2. The summed E-state index contributed by atoms with van der Waals surface area (Å²) >= 11 is 1.51. The van der Waals surface area contributed by atoms with Crippen molar-refractivity contribution in [1.82, 2.24) is 20.3 Å². The quantitative estimate of drug-likeness (QED) is 0.514. The summed E-state index contributed by atoms with van der Waals surface area (Å²) in [7, 11) is 0. The van der Waals surface area contributed by atoms with Gasteiger partial charge < -0.3 is 25.4 Å². The fourth-order valence-corrected chi connectivity index (χ4v) is 3.91. The van der Waals surface area contributed by atoms with E-state index in [0.717, 1.165) is 58.9 Å². The number of amides is 1. The van der Waals surface area contributed by atoms with Crippen molar-refractivity contribution in [3.05, 3.63) is 54.6 Å². The third-order valence-corrected chi connectivity index (χ3v) is 5.55. The Morgan fingerprint density at radius 3 is 2.94 bits per heavy atom. The molecule has 0 saturated carbocycles. The van der Waals surface area contributed by atoms with Crippen molar-refractivity contribution in [2.24, 2.45) is 0 Å². The van der Waals surface area contributed by atoms with Crippen molar-refractivity contribution in [1.29, 1.82) is 0 Å². The second kappa shape index (κ2) is 10.0. The zero-order chi connectivity index (χ0) is 21.5. The maximum Gasteiger partial charge on any atom is 0.404 e. The molecule has 1 saturated heterocycles. The molecule has 0 spiro atoms. The number of rotatable bonds is 7. The van der Waals surface area contributed by atoms with Gasteiger partial charge in [0.15, 0.2) is 5.13 Å². The van der Waals surface area contributed by atoms with E-state index in [2.05, 4.69) is 30.5 Å². The Balaban J connectivity index is 1.43. The van der Waals surface area contributed by atoms with Gasteiger partial charge in [-0.15, -0.1) is 0 Å². The monoisotopic (exact) mass is 438 g/mol. The van der Waals surface area contributed by atoms with Gasteiger partial charge in [0.25, 0.3) is 0 Å². The average molecular weight is 439 g/mol. The van der Waals surface area contributed by atoms with Gasteiger partial charge in [-0.25, -0.2) is 14.8 Å². The minimum Gasteiger partial charge on any atom is -0.465 e. The summed E-state index contributed by atoms with van der Waals surface area (Å²) in [6.07, 6.45) is 9.61. The van der Waals surface area contributed by atoms with E-state index in [1.54, 1.807) is 30.9 Å². The normalized spacial score (nSPS) is 14.0. The third kappa shape index (κ3) is 5.77. The number of carboxylic acid groups (broad SMARTS) is 1. The first kappa shape index (κ1) is 20.8. The molecular weight excluding hydrogens is 416 g/mol. The predicted octanol–water partition coefficient (Wildman–Crippen LogP) is 3.46. The fourth-order valence-electron chi connectivity index (χ4n) is 3.11. The molecule has 1 aliphatic rings. The standard InChI is InChI=1S/C21H22N6O3S/c28-21(29)24-4-1-2-15-10-16(13-22-12-15)18-14-25-20(31-18)26-19-11-17(3-5-23-19)27-6-8-30-9-7-27/h1-3,5,10-14,24H,4,6-9H2,(H,28,29)(H,23,25,26)/b2-1+. The van der Waals surface area contributed by atoms with Crippen molar-refractivity contribution in [3.63, 3.8) is 0 Å². The highest BCUT2D eigenvalue weighted by atomic mass is 32.1. The van der Waals surface area contributed by atoms with Crippen molar-refractivity contribution in [3.8, 4) is 10.4 Å². The van der Waals surface area contributed by atoms with Gasteiger partial charge in [0, 0.05) is 61.7 Å². The van der Waals surface area contributed by atoms with Gasteiger partial charge >= 0.3 is 6.09 Å². The number of thiazole rings is 1. The van der Waals surface area contributed by atoms with E-state index in [1.165, 1.54) is 11.3 Å². The summed E-state index contributed by atoms with van der Waals surface area (Å²) in [5.74, 6) is 0.741. The highest BCUT2D eigenvalue weighted by molar-refractivity contribution is 7.18. The lowest BCUT2D eigenvalue weighted by Crippen LogP contribution is -2.36. The van der Waals surface area contributed by atoms with Crippen LogP contribution in [-0.4, -0.2) is 59.0 Å². The summed E-state index contributed by atoms with van der Waals surface area (Å²) < 4.78 is 5.42. The number of morpholine rings is 1. The highest BCUT2D eigenvalue weighted by Gasteiger charge is 2.12. The molecule has 4 rings (SSSR count). The second-order valence-corrected chi connectivity index (χ2v) is 7.78. The van der Waals surface area contributed by atoms with E-state index in [0.29, 0.717) is 0 Å². The Morgan fingerprint density at radius 1 is 1.23 bits per heavy atom. The van der Waals surface area contributed by atoms with Gasteiger partial charge in [-0.1, -0.05) is 23.5 Å². The number of nitrogens with one attached hydrogen (secondary N) is 2. The number of anilines is 3. The first-order valence-electron chi connectivity index (χ1n) is 9.78.